The summed E-state index contributed by atoms with van der Waals surface area (Å²) < 4.78 is 0. The highest BCUT2D eigenvalue weighted by Crippen LogP contribution is 2.15. The number of rotatable bonds is 3. The highest BCUT2D eigenvalue weighted by molar-refractivity contribution is 6.06. The molecule has 2 heterocycles. The molecule has 1 aliphatic rings. The van der Waals surface area contributed by atoms with Crippen LogP contribution in [0.4, 0.5) is 5.95 Å². The molecule has 0 radical (unpaired) electrons. The van der Waals surface area contributed by atoms with Crippen LogP contribution in [0.25, 0.3) is 0 Å². The number of anilines is 1. The minimum Gasteiger partial charge on any atom is -0.477 e. The fourth-order valence-corrected chi connectivity index (χ4v) is 1.77. The highest BCUT2D eigenvalue weighted by atomic mass is 16.4. The van der Waals surface area contributed by atoms with Crippen LogP contribution >= 0.6 is 0 Å². The number of carboxylic acid groups (broad SMARTS) is 1. The van der Waals surface area contributed by atoms with Crippen molar-refractivity contribution in [2.75, 3.05) is 12.4 Å². The Morgan fingerprint density at radius 3 is 2.68 bits per heavy atom. The first kappa shape index (κ1) is 12.9. The molecule has 1 atom stereocenters. The minimum atomic E-state index is -1.18. The Morgan fingerprint density at radius 1 is 1.47 bits per heavy atom. The molecule has 1 fully saturated rings. The number of aromatic nitrogens is 2. The normalized spacial score (nSPS) is 18.8. The number of imide groups is 1. The fraction of sp³-hybridized carbons (Fsp3) is 0.364. The van der Waals surface area contributed by atoms with E-state index in [0.29, 0.717) is 5.69 Å². The third kappa shape index (κ3) is 2.51. The summed E-state index contributed by atoms with van der Waals surface area (Å²) in [6, 6.07) is 0.572. The van der Waals surface area contributed by atoms with Gasteiger partial charge in [-0.2, -0.15) is 0 Å². The van der Waals surface area contributed by atoms with E-state index in [2.05, 4.69) is 15.3 Å². The van der Waals surface area contributed by atoms with E-state index in [4.69, 9.17) is 5.11 Å². The van der Waals surface area contributed by atoms with Crippen molar-refractivity contribution in [3.63, 3.8) is 0 Å². The van der Waals surface area contributed by atoms with E-state index in [9.17, 15) is 14.4 Å². The second-order valence-corrected chi connectivity index (χ2v) is 4.22. The smallest absolute Gasteiger partial charge is 0.354 e. The summed E-state index contributed by atoms with van der Waals surface area (Å²) in [5.74, 6) is -1.83. The van der Waals surface area contributed by atoms with E-state index < -0.39 is 12.0 Å². The topological polar surface area (TPSA) is 112 Å². The van der Waals surface area contributed by atoms with Gasteiger partial charge in [-0.15, -0.1) is 0 Å². The average Bonchev–Trinajstić information content (AvgIpc) is 2.56. The van der Waals surface area contributed by atoms with Crippen LogP contribution in [0.3, 0.4) is 0 Å². The molecule has 8 nitrogen and oxygen atoms in total. The van der Waals surface area contributed by atoms with E-state index in [1.807, 2.05) is 0 Å². The van der Waals surface area contributed by atoms with Crippen LogP contribution in [0.15, 0.2) is 6.07 Å². The largest absolute Gasteiger partial charge is 0.477 e. The van der Waals surface area contributed by atoms with Gasteiger partial charge in [0, 0.05) is 12.7 Å². The lowest BCUT2D eigenvalue weighted by Crippen LogP contribution is -2.32. The number of hydrogen-bond acceptors (Lipinski definition) is 6. The Morgan fingerprint density at radius 2 is 2.16 bits per heavy atom. The number of carbonyl (C=O) groups is 3. The van der Waals surface area contributed by atoms with Gasteiger partial charge in [0.15, 0.2) is 5.69 Å². The minimum absolute atomic E-state index is 0.00897. The number of carboxylic acids is 1. The fourth-order valence-electron chi connectivity index (χ4n) is 1.77. The van der Waals surface area contributed by atoms with Gasteiger partial charge < -0.3 is 10.4 Å². The summed E-state index contributed by atoms with van der Waals surface area (Å²) in [7, 11) is 1.39. The van der Waals surface area contributed by atoms with Gasteiger partial charge in [-0.05, 0) is 13.0 Å². The molecule has 0 aromatic carbocycles. The summed E-state index contributed by atoms with van der Waals surface area (Å²) in [5, 5.41) is 11.6. The van der Waals surface area contributed by atoms with Crippen LogP contribution in [0.2, 0.25) is 0 Å². The van der Waals surface area contributed by atoms with E-state index in [1.54, 1.807) is 6.92 Å². The number of aryl methyl sites for hydroxylation is 1. The van der Waals surface area contributed by atoms with Gasteiger partial charge in [-0.3, -0.25) is 14.5 Å². The number of carbonyl (C=O) groups excluding carboxylic acids is 2. The number of hydrogen-bond donors (Lipinski definition) is 2. The zero-order valence-corrected chi connectivity index (χ0v) is 10.4. The molecule has 1 aromatic rings. The number of nitrogens with one attached hydrogen (secondary N) is 1. The molecule has 1 aromatic heterocycles. The molecule has 2 amide bonds. The molecule has 0 saturated carbocycles. The first-order valence-corrected chi connectivity index (χ1v) is 5.54. The Kier molecular flexibility index (Phi) is 3.16. The lowest BCUT2D eigenvalue weighted by molar-refractivity contribution is -0.136. The zero-order chi connectivity index (χ0) is 14.2. The number of aromatic carboxylic acids is 1. The maximum atomic E-state index is 11.7. The van der Waals surface area contributed by atoms with Crippen LogP contribution < -0.4 is 5.32 Å². The van der Waals surface area contributed by atoms with Gasteiger partial charge in [0.25, 0.3) is 5.91 Å². The molecule has 2 N–H and O–H groups in total. The van der Waals surface area contributed by atoms with Crippen LogP contribution in [-0.4, -0.2) is 50.8 Å². The van der Waals surface area contributed by atoms with Crippen molar-refractivity contribution in [2.45, 2.75) is 19.4 Å². The van der Waals surface area contributed by atoms with Crippen LogP contribution in [0, 0.1) is 6.92 Å². The number of likely N-dealkylation sites (tertiary alicyclic amines) is 1. The SMILES string of the molecule is Cc1cc(C(=O)O)nc(NC2CC(=O)N(C)C2=O)n1. The second-order valence-electron chi connectivity index (χ2n) is 4.22. The molecule has 1 aliphatic heterocycles. The van der Waals surface area contributed by atoms with E-state index in [-0.39, 0.29) is 29.9 Å². The Labute approximate surface area is 108 Å². The highest BCUT2D eigenvalue weighted by Gasteiger charge is 2.36. The Bertz CT molecular complexity index is 572. The predicted octanol–water partition coefficient (Wildman–Crippen LogP) is -0.348. The lowest BCUT2D eigenvalue weighted by Gasteiger charge is -2.11. The van der Waals surface area contributed by atoms with E-state index in [1.165, 1.54) is 13.1 Å². The second kappa shape index (κ2) is 4.63. The van der Waals surface area contributed by atoms with E-state index >= 15 is 0 Å². The summed E-state index contributed by atoms with van der Waals surface area (Å²) >= 11 is 0. The summed E-state index contributed by atoms with van der Waals surface area (Å²) in [6.45, 7) is 1.62. The molecule has 100 valence electrons. The Balaban J connectivity index is 2.22. The van der Waals surface area contributed by atoms with Gasteiger partial charge in [-0.25, -0.2) is 14.8 Å². The maximum absolute atomic E-state index is 11.7. The van der Waals surface area contributed by atoms with Gasteiger partial charge in [0.05, 0.1) is 6.42 Å². The zero-order valence-electron chi connectivity index (χ0n) is 10.4. The van der Waals surface area contributed by atoms with Gasteiger partial charge >= 0.3 is 5.97 Å². The predicted molar refractivity (Wildman–Crippen MR) is 63.5 cm³/mol. The summed E-state index contributed by atoms with van der Waals surface area (Å²) in [6.07, 6.45) is 0.00897. The molecule has 2 rings (SSSR count). The first-order chi connectivity index (χ1) is 8.88. The molecule has 0 spiro atoms. The van der Waals surface area contributed by atoms with Crippen LogP contribution in [-0.2, 0) is 9.59 Å². The van der Waals surface area contributed by atoms with Gasteiger partial charge in [0.1, 0.15) is 6.04 Å². The van der Waals surface area contributed by atoms with Crippen molar-refractivity contribution in [2.24, 2.45) is 0 Å². The average molecular weight is 264 g/mol. The molecule has 0 bridgehead atoms. The molecule has 1 unspecified atom stereocenters. The van der Waals surface area contributed by atoms with Crippen molar-refractivity contribution >= 4 is 23.7 Å². The monoisotopic (exact) mass is 264 g/mol. The summed E-state index contributed by atoms with van der Waals surface area (Å²) in [5.41, 5.74) is 0.292. The summed E-state index contributed by atoms with van der Waals surface area (Å²) in [4.78, 5) is 42.7. The number of likely N-dealkylation sites (N-methyl/N-ethyl adjacent to an activating group) is 1. The van der Waals surface area contributed by atoms with Gasteiger partial charge in [-0.1, -0.05) is 0 Å². The third-order valence-electron chi connectivity index (χ3n) is 2.76. The molecule has 8 heteroatoms. The maximum Gasteiger partial charge on any atom is 0.354 e. The quantitative estimate of drug-likeness (QED) is 0.717. The van der Waals surface area contributed by atoms with Crippen LogP contribution in [0.5, 0.6) is 0 Å². The van der Waals surface area contributed by atoms with Crippen molar-refractivity contribution in [3.05, 3.63) is 17.5 Å². The number of amides is 2. The van der Waals surface area contributed by atoms with Crippen molar-refractivity contribution in [1.29, 1.82) is 0 Å². The Hall–Kier alpha value is -2.51. The van der Waals surface area contributed by atoms with Crippen molar-refractivity contribution < 1.29 is 19.5 Å². The lowest BCUT2D eigenvalue weighted by atomic mass is 10.2. The van der Waals surface area contributed by atoms with E-state index in [0.717, 1.165) is 4.90 Å². The molecular weight excluding hydrogens is 252 g/mol. The third-order valence-corrected chi connectivity index (χ3v) is 2.76. The van der Waals surface area contributed by atoms with Gasteiger partial charge in [0.2, 0.25) is 11.9 Å². The molecule has 0 aliphatic carbocycles. The molecular formula is C11H12N4O4. The van der Waals surface area contributed by atoms with Crippen LogP contribution in [0.1, 0.15) is 22.6 Å². The van der Waals surface area contributed by atoms with Crippen molar-refractivity contribution in [3.8, 4) is 0 Å². The standard InChI is InChI=1S/C11H12N4O4/c1-5-3-7(10(18)19)14-11(12-5)13-6-4-8(16)15(2)9(6)17/h3,6H,4H2,1-2H3,(H,18,19)(H,12,13,14). The number of nitrogens with zero attached hydrogens (tertiary/aromatic N) is 3. The van der Waals surface area contributed by atoms with Crippen molar-refractivity contribution in [1.82, 2.24) is 14.9 Å². The molecule has 1 saturated heterocycles. The molecule has 19 heavy (non-hydrogen) atoms. The first-order valence-electron chi connectivity index (χ1n) is 5.54.